The number of hydrogen-bond acceptors (Lipinski definition) is 3. The standard InChI is InChI=1S/C18H24ClN3/c1-2-22(13-9-15-7-10-21-11-8-15)12-3-4-16-5-6-17(19)18(20)14-16/h5-8,10-11,14H,2-4,9,12-13,20H2,1H3. The highest BCUT2D eigenvalue weighted by atomic mass is 35.5. The fourth-order valence-corrected chi connectivity index (χ4v) is 2.64. The van der Waals surface area contributed by atoms with Crippen molar-refractivity contribution in [2.75, 3.05) is 25.4 Å². The minimum Gasteiger partial charge on any atom is -0.398 e. The molecule has 0 radical (unpaired) electrons. The highest BCUT2D eigenvalue weighted by Crippen LogP contribution is 2.20. The number of hydrogen-bond donors (Lipinski definition) is 1. The van der Waals surface area contributed by atoms with Gasteiger partial charge in [-0.05, 0) is 67.7 Å². The summed E-state index contributed by atoms with van der Waals surface area (Å²) < 4.78 is 0. The van der Waals surface area contributed by atoms with Gasteiger partial charge < -0.3 is 10.6 Å². The van der Waals surface area contributed by atoms with Crippen molar-refractivity contribution in [2.45, 2.75) is 26.2 Å². The van der Waals surface area contributed by atoms with E-state index in [4.69, 9.17) is 17.3 Å². The zero-order chi connectivity index (χ0) is 15.8. The summed E-state index contributed by atoms with van der Waals surface area (Å²) in [6.45, 7) is 5.48. The molecule has 2 rings (SSSR count). The first-order chi connectivity index (χ1) is 10.7. The maximum Gasteiger partial charge on any atom is 0.0635 e. The third kappa shape index (κ3) is 5.32. The van der Waals surface area contributed by atoms with Gasteiger partial charge in [-0.1, -0.05) is 24.6 Å². The third-order valence-electron chi connectivity index (χ3n) is 3.91. The number of halogens is 1. The van der Waals surface area contributed by atoms with Crippen LogP contribution in [0.1, 0.15) is 24.5 Å². The number of aryl methyl sites for hydroxylation is 1. The average molecular weight is 318 g/mol. The summed E-state index contributed by atoms with van der Waals surface area (Å²) in [7, 11) is 0. The van der Waals surface area contributed by atoms with Crippen LogP contribution in [-0.4, -0.2) is 29.5 Å². The van der Waals surface area contributed by atoms with Gasteiger partial charge in [-0.25, -0.2) is 0 Å². The molecule has 2 aromatic rings. The number of rotatable bonds is 8. The lowest BCUT2D eigenvalue weighted by Crippen LogP contribution is -2.27. The molecule has 4 heteroatoms. The number of nitrogens with two attached hydrogens (primary N) is 1. The van der Waals surface area contributed by atoms with Crippen LogP contribution in [-0.2, 0) is 12.8 Å². The van der Waals surface area contributed by atoms with E-state index in [1.54, 1.807) is 0 Å². The molecule has 0 aliphatic carbocycles. The summed E-state index contributed by atoms with van der Waals surface area (Å²) in [5, 5.41) is 0.635. The highest BCUT2D eigenvalue weighted by molar-refractivity contribution is 6.33. The molecule has 0 unspecified atom stereocenters. The van der Waals surface area contributed by atoms with E-state index in [1.807, 2.05) is 24.5 Å². The fourth-order valence-electron chi connectivity index (χ4n) is 2.52. The smallest absolute Gasteiger partial charge is 0.0635 e. The van der Waals surface area contributed by atoms with Crippen molar-refractivity contribution in [2.24, 2.45) is 0 Å². The maximum atomic E-state index is 5.95. The Labute approximate surface area is 138 Å². The molecule has 1 aromatic carbocycles. The molecule has 0 aliphatic rings. The molecule has 0 saturated carbocycles. The molecule has 0 spiro atoms. The van der Waals surface area contributed by atoms with Crippen molar-refractivity contribution in [1.29, 1.82) is 0 Å². The number of nitrogen functional groups attached to an aromatic ring is 1. The molecule has 118 valence electrons. The summed E-state index contributed by atoms with van der Waals surface area (Å²) in [6.07, 6.45) is 6.95. The van der Waals surface area contributed by atoms with Gasteiger partial charge >= 0.3 is 0 Å². The average Bonchev–Trinajstić information content (AvgIpc) is 2.55. The molecule has 2 N–H and O–H groups in total. The number of aromatic nitrogens is 1. The quantitative estimate of drug-likeness (QED) is 0.753. The first-order valence-electron chi connectivity index (χ1n) is 7.84. The Morgan fingerprint density at radius 1 is 1.05 bits per heavy atom. The van der Waals surface area contributed by atoms with Crippen molar-refractivity contribution >= 4 is 17.3 Å². The van der Waals surface area contributed by atoms with Crippen LogP contribution in [0.5, 0.6) is 0 Å². The largest absolute Gasteiger partial charge is 0.398 e. The van der Waals surface area contributed by atoms with Gasteiger partial charge in [0.2, 0.25) is 0 Å². The Bertz CT molecular complexity index is 572. The lowest BCUT2D eigenvalue weighted by molar-refractivity contribution is 0.288. The molecule has 0 fully saturated rings. The van der Waals surface area contributed by atoms with Crippen molar-refractivity contribution in [3.63, 3.8) is 0 Å². The molecular weight excluding hydrogens is 294 g/mol. The Hall–Kier alpha value is -1.58. The number of anilines is 1. The Morgan fingerprint density at radius 2 is 1.82 bits per heavy atom. The van der Waals surface area contributed by atoms with Crippen LogP contribution >= 0.6 is 11.6 Å². The van der Waals surface area contributed by atoms with Gasteiger partial charge in [-0.3, -0.25) is 4.98 Å². The van der Waals surface area contributed by atoms with E-state index >= 15 is 0 Å². The van der Waals surface area contributed by atoms with Crippen LogP contribution in [0.2, 0.25) is 5.02 Å². The third-order valence-corrected chi connectivity index (χ3v) is 4.26. The summed E-state index contributed by atoms with van der Waals surface area (Å²) in [6, 6.07) is 10.1. The number of pyridine rings is 1. The molecule has 3 nitrogen and oxygen atoms in total. The van der Waals surface area contributed by atoms with E-state index in [0.717, 1.165) is 38.9 Å². The summed E-state index contributed by atoms with van der Waals surface area (Å²) in [5.74, 6) is 0. The van der Waals surface area contributed by atoms with E-state index in [2.05, 4.69) is 35.0 Å². The van der Waals surface area contributed by atoms with E-state index in [-0.39, 0.29) is 0 Å². The zero-order valence-electron chi connectivity index (χ0n) is 13.1. The van der Waals surface area contributed by atoms with Crippen LogP contribution in [0.3, 0.4) is 0 Å². The summed E-state index contributed by atoms with van der Waals surface area (Å²) >= 11 is 5.95. The van der Waals surface area contributed by atoms with Crippen molar-refractivity contribution in [3.8, 4) is 0 Å². The number of likely N-dealkylation sites (N-methyl/N-ethyl adjacent to an activating group) is 1. The maximum absolute atomic E-state index is 5.95. The van der Waals surface area contributed by atoms with Gasteiger partial charge in [0.05, 0.1) is 10.7 Å². The van der Waals surface area contributed by atoms with Crippen molar-refractivity contribution in [3.05, 3.63) is 58.9 Å². The van der Waals surface area contributed by atoms with Crippen LogP contribution < -0.4 is 5.73 Å². The highest BCUT2D eigenvalue weighted by Gasteiger charge is 2.04. The Morgan fingerprint density at radius 3 is 2.50 bits per heavy atom. The van der Waals surface area contributed by atoms with Crippen LogP contribution in [0.15, 0.2) is 42.7 Å². The fraction of sp³-hybridized carbons (Fsp3) is 0.389. The first kappa shape index (κ1) is 16.8. The predicted molar refractivity (Wildman–Crippen MR) is 94.2 cm³/mol. The second-order valence-electron chi connectivity index (χ2n) is 5.50. The minimum absolute atomic E-state index is 0.635. The second kappa shape index (κ2) is 8.76. The monoisotopic (exact) mass is 317 g/mol. The molecule has 0 bridgehead atoms. The lowest BCUT2D eigenvalue weighted by atomic mass is 10.1. The number of benzene rings is 1. The molecule has 0 saturated heterocycles. The normalized spacial score (nSPS) is 11.0. The minimum atomic E-state index is 0.635. The van der Waals surface area contributed by atoms with Gasteiger partial charge in [0.25, 0.3) is 0 Å². The SMILES string of the molecule is CCN(CCCc1ccc(Cl)c(N)c1)CCc1ccncc1. The second-order valence-corrected chi connectivity index (χ2v) is 5.91. The van der Waals surface area contributed by atoms with E-state index in [1.165, 1.54) is 11.1 Å². The van der Waals surface area contributed by atoms with Crippen molar-refractivity contribution in [1.82, 2.24) is 9.88 Å². The molecule has 1 aromatic heterocycles. The Balaban J connectivity index is 1.75. The lowest BCUT2D eigenvalue weighted by Gasteiger charge is -2.20. The van der Waals surface area contributed by atoms with E-state index in [9.17, 15) is 0 Å². The summed E-state index contributed by atoms with van der Waals surface area (Å²) in [5.41, 5.74) is 9.12. The zero-order valence-corrected chi connectivity index (χ0v) is 13.9. The molecule has 0 amide bonds. The molecule has 22 heavy (non-hydrogen) atoms. The Kier molecular flexibility index (Phi) is 6.69. The van der Waals surface area contributed by atoms with Crippen LogP contribution in [0.4, 0.5) is 5.69 Å². The van der Waals surface area contributed by atoms with Gasteiger partial charge in [-0.2, -0.15) is 0 Å². The topological polar surface area (TPSA) is 42.1 Å². The molecule has 0 atom stereocenters. The summed E-state index contributed by atoms with van der Waals surface area (Å²) in [4.78, 5) is 6.54. The van der Waals surface area contributed by atoms with Crippen molar-refractivity contribution < 1.29 is 0 Å². The molecule has 0 aliphatic heterocycles. The van der Waals surface area contributed by atoms with Gasteiger partial charge in [-0.15, -0.1) is 0 Å². The molecule has 1 heterocycles. The first-order valence-corrected chi connectivity index (χ1v) is 8.22. The van der Waals surface area contributed by atoms with Crippen LogP contribution in [0.25, 0.3) is 0 Å². The molecular formula is C18H24ClN3. The van der Waals surface area contributed by atoms with Crippen LogP contribution in [0, 0.1) is 0 Å². The van der Waals surface area contributed by atoms with E-state index in [0.29, 0.717) is 10.7 Å². The number of nitrogens with zero attached hydrogens (tertiary/aromatic N) is 2. The van der Waals surface area contributed by atoms with Gasteiger partial charge in [0.1, 0.15) is 0 Å². The van der Waals surface area contributed by atoms with Gasteiger partial charge in [0.15, 0.2) is 0 Å². The predicted octanol–water partition coefficient (Wildman–Crippen LogP) is 3.81. The van der Waals surface area contributed by atoms with E-state index < -0.39 is 0 Å². The van der Waals surface area contributed by atoms with Gasteiger partial charge in [0, 0.05) is 18.9 Å².